The minimum absolute atomic E-state index is 0.252. The molecule has 0 aromatic rings. The van der Waals surface area contributed by atoms with E-state index in [4.69, 9.17) is 21.2 Å². The fourth-order valence-electron chi connectivity index (χ4n) is 1.22. The van der Waals surface area contributed by atoms with E-state index in [0.717, 1.165) is 25.7 Å². The first kappa shape index (κ1) is 16.5. The molecule has 0 atom stereocenters. The third-order valence-electron chi connectivity index (χ3n) is 2.22. The smallest absolute Gasteiger partial charge is 0.432 e. The van der Waals surface area contributed by atoms with Crippen molar-refractivity contribution in [3.8, 4) is 0 Å². The summed E-state index contributed by atoms with van der Waals surface area (Å²) in [6.45, 7) is 6.16. The van der Waals surface area contributed by atoms with E-state index in [-0.39, 0.29) is 6.61 Å². The molecule has 0 aromatic heterocycles. The summed E-state index contributed by atoms with van der Waals surface area (Å²) in [6.07, 6.45) is 3.99. The number of rotatable bonds is 9. The largest absolute Gasteiger partial charge is 0.540 e. The van der Waals surface area contributed by atoms with Gasteiger partial charge in [0.2, 0.25) is 0 Å². The second kappa shape index (κ2) is 9.54. The minimum atomic E-state index is -0.807. The zero-order chi connectivity index (χ0) is 13.1. The zero-order valence-corrected chi connectivity index (χ0v) is 11.7. The molecular formula is C12H23ClO4. The average molecular weight is 267 g/mol. The molecule has 0 saturated carbocycles. The average Bonchev–Trinajstić information content (AvgIpc) is 2.27. The predicted molar refractivity (Wildman–Crippen MR) is 67.1 cm³/mol. The second-order valence-corrected chi connectivity index (χ2v) is 4.90. The van der Waals surface area contributed by atoms with Gasteiger partial charge in [-0.25, -0.2) is 4.79 Å². The highest BCUT2D eigenvalue weighted by atomic mass is 35.5. The second-order valence-electron chi connectivity index (χ2n) is 4.52. The summed E-state index contributed by atoms with van der Waals surface area (Å²) in [5, 5.41) is 0. The molecule has 4 nitrogen and oxygen atoms in total. The van der Waals surface area contributed by atoms with Crippen LogP contribution in [0.3, 0.4) is 0 Å². The molecule has 0 amide bonds. The van der Waals surface area contributed by atoms with Crippen molar-refractivity contribution >= 4 is 17.8 Å². The van der Waals surface area contributed by atoms with E-state index in [0.29, 0.717) is 12.3 Å². The van der Waals surface area contributed by atoms with Gasteiger partial charge < -0.3 is 4.74 Å². The predicted octanol–water partition coefficient (Wildman–Crippen LogP) is 4.06. The summed E-state index contributed by atoms with van der Waals surface area (Å²) in [5.41, 5.74) is -0.472. The van der Waals surface area contributed by atoms with E-state index in [1.165, 1.54) is 0 Å². The normalized spacial score (nSPS) is 11.3. The third kappa shape index (κ3) is 10.4. The Kier molecular flexibility index (Phi) is 9.27. The van der Waals surface area contributed by atoms with Crippen molar-refractivity contribution in [2.75, 3.05) is 12.5 Å². The van der Waals surface area contributed by atoms with Crippen LogP contribution in [0.2, 0.25) is 0 Å². The first-order chi connectivity index (χ1) is 8.02. The van der Waals surface area contributed by atoms with Crippen LogP contribution in [0.5, 0.6) is 0 Å². The molecule has 0 aromatic carbocycles. The van der Waals surface area contributed by atoms with E-state index in [1.807, 2.05) is 13.8 Å². The lowest BCUT2D eigenvalue weighted by Gasteiger charge is -2.22. The number of carbonyl (C=O) groups excluding carboxylic acids is 1. The van der Waals surface area contributed by atoms with Gasteiger partial charge in [-0.3, -0.25) is 4.89 Å². The van der Waals surface area contributed by atoms with E-state index in [9.17, 15) is 4.79 Å². The summed E-state index contributed by atoms with van der Waals surface area (Å²) < 4.78 is 4.73. The third-order valence-corrected chi connectivity index (χ3v) is 2.48. The lowest BCUT2D eigenvalue weighted by molar-refractivity contribution is -0.318. The van der Waals surface area contributed by atoms with Crippen molar-refractivity contribution in [3.05, 3.63) is 0 Å². The molecule has 0 heterocycles. The van der Waals surface area contributed by atoms with Crippen LogP contribution in [-0.4, -0.2) is 24.2 Å². The summed E-state index contributed by atoms with van der Waals surface area (Å²) in [5.74, 6) is 0.455. The fraction of sp³-hybridized carbons (Fsp3) is 0.917. The quantitative estimate of drug-likeness (QED) is 0.208. The first-order valence-electron chi connectivity index (χ1n) is 6.10. The van der Waals surface area contributed by atoms with Crippen LogP contribution >= 0.6 is 11.6 Å². The van der Waals surface area contributed by atoms with Gasteiger partial charge in [0.25, 0.3) is 0 Å². The summed E-state index contributed by atoms with van der Waals surface area (Å²) in [7, 11) is 0. The lowest BCUT2D eigenvalue weighted by atomic mass is 10.0. The maximum Gasteiger partial charge on any atom is 0.540 e. The molecule has 0 fully saturated rings. The maximum atomic E-state index is 11.1. The Morgan fingerprint density at radius 2 is 1.94 bits per heavy atom. The van der Waals surface area contributed by atoms with Gasteiger partial charge in [0.1, 0.15) is 5.60 Å². The Hall–Kier alpha value is -0.480. The monoisotopic (exact) mass is 266 g/mol. The van der Waals surface area contributed by atoms with Gasteiger partial charge in [-0.1, -0.05) is 26.2 Å². The fourth-order valence-corrected chi connectivity index (χ4v) is 1.33. The molecule has 17 heavy (non-hydrogen) atoms. The van der Waals surface area contributed by atoms with Crippen LogP contribution in [0, 0.1) is 0 Å². The maximum absolute atomic E-state index is 11.1. The van der Waals surface area contributed by atoms with Crippen molar-refractivity contribution in [1.82, 2.24) is 0 Å². The van der Waals surface area contributed by atoms with Crippen LogP contribution in [0.15, 0.2) is 0 Å². The highest BCUT2D eigenvalue weighted by Crippen LogP contribution is 2.19. The van der Waals surface area contributed by atoms with Crippen molar-refractivity contribution in [1.29, 1.82) is 0 Å². The molecule has 102 valence electrons. The van der Waals surface area contributed by atoms with Gasteiger partial charge in [0.05, 0.1) is 6.61 Å². The number of carbonyl (C=O) groups is 1. The van der Waals surface area contributed by atoms with Gasteiger partial charge in [0, 0.05) is 5.88 Å². The van der Waals surface area contributed by atoms with Crippen LogP contribution in [-0.2, 0) is 14.5 Å². The zero-order valence-electron chi connectivity index (χ0n) is 11.0. The molecule has 0 bridgehead atoms. The number of hydrogen-bond acceptors (Lipinski definition) is 4. The number of unbranched alkanes of at least 4 members (excludes halogenated alkanes) is 2. The van der Waals surface area contributed by atoms with Crippen molar-refractivity contribution in [3.63, 3.8) is 0 Å². The van der Waals surface area contributed by atoms with Gasteiger partial charge in [-0.2, -0.15) is 4.89 Å². The SMILES string of the molecule is CCCCCC(C)(C)OOC(=O)OCCCCl. The van der Waals surface area contributed by atoms with E-state index < -0.39 is 11.8 Å². The number of hydrogen-bond donors (Lipinski definition) is 0. The standard InChI is InChI=1S/C12H23ClO4/c1-4-5-6-8-12(2,3)17-16-11(14)15-10-7-9-13/h4-10H2,1-3H3. The Bertz CT molecular complexity index is 207. The molecule has 0 rings (SSSR count). The number of alkyl halides is 1. The number of halogens is 1. The molecule has 0 aliphatic carbocycles. The van der Waals surface area contributed by atoms with Crippen molar-refractivity contribution in [2.24, 2.45) is 0 Å². The van der Waals surface area contributed by atoms with Crippen molar-refractivity contribution < 1.29 is 19.3 Å². The van der Waals surface area contributed by atoms with Crippen LogP contribution in [0.1, 0.15) is 52.9 Å². The summed E-state index contributed by atoms with van der Waals surface area (Å²) in [6, 6.07) is 0. The topological polar surface area (TPSA) is 44.8 Å². The van der Waals surface area contributed by atoms with E-state index >= 15 is 0 Å². The Morgan fingerprint density at radius 1 is 1.24 bits per heavy atom. The Morgan fingerprint density at radius 3 is 2.53 bits per heavy atom. The minimum Gasteiger partial charge on any atom is -0.432 e. The van der Waals surface area contributed by atoms with E-state index in [1.54, 1.807) is 0 Å². The molecular weight excluding hydrogens is 244 g/mol. The van der Waals surface area contributed by atoms with Gasteiger partial charge >= 0.3 is 6.16 Å². The summed E-state index contributed by atoms with van der Waals surface area (Å²) >= 11 is 5.44. The molecule has 0 spiro atoms. The Balaban J connectivity index is 3.65. The highest BCUT2D eigenvalue weighted by molar-refractivity contribution is 6.17. The molecule has 0 unspecified atom stereocenters. The van der Waals surface area contributed by atoms with Gasteiger partial charge in [0.15, 0.2) is 0 Å². The van der Waals surface area contributed by atoms with E-state index in [2.05, 4.69) is 11.8 Å². The lowest BCUT2D eigenvalue weighted by Crippen LogP contribution is -2.26. The molecule has 5 heteroatoms. The molecule has 0 radical (unpaired) electrons. The summed E-state index contributed by atoms with van der Waals surface area (Å²) in [4.78, 5) is 20.7. The highest BCUT2D eigenvalue weighted by Gasteiger charge is 2.22. The van der Waals surface area contributed by atoms with Gasteiger partial charge in [-0.15, -0.1) is 11.6 Å². The molecule has 0 aliphatic heterocycles. The van der Waals surface area contributed by atoms with Gasteiger partial charge in [-0.05, 0) is 26.7 Å². The van der Waals surface area contributed by atoms with Crippen molar-refractivity contribution in [2.45, 2.75) is 58.5 Å². The molecule has 0 saturated heterocycles. The number of ether oxygens (including phenoxy) is 1. The molecule has 0 aliphatic rings. The van der Waals surface area contributed by atoms with Crippen LogP contribution < -0.4 is 0 Å². The van der Waals surface area contributed by atoms with Crippen LogP contribution in [0.25, 0.3) is 0 Å². The first-order valence-corrected chi connectivity index (χ1v) is 6.63. The Labute approximate surface area is 108 Å². The molecule has 0 N–H and O–H groups in total. The van der Waals surface area contributed by atoms with Crippen LogP contribution in [0.4, 0.5) is 4.79 Å².